The van der Waals surface area contributed by atoms with Crippen LogP contribution in [0.1, 0.15) is 31.2 Å². The van der Waals surface area contributed by atoms with Gasteiger partial charge in [0, 0.05) is 18.8 Å². The van der Waals surface area contributed by atoms with Crippen molar-refractivity contribution in [2.45, 2.75) is 43.6 Å². The zero-order chi connectivity index (χ0) is 22.3. The lowest BCUT2D eigenvalue weighted by atomic mass is 9.85. The minimum absolute atomic E-state index is 0.0520. The van der Waals surface area contributed by atoms with Gasteiger partial charge in [0.05, 0.1) is 12.7 Å². The van der Waals surface area contributed by atoms with Crippen LogP contribution >= 0.6 is 0 Å². The highest BCUT2D eigenvalue weighted by Gasteiger charge is 2.57. The van der Waals surface area contributed by atoms with Crippen LogP contribution in [0.5, 0.6) is 5.75 Å². The number of halogens is 6. The molecule has 0 aliphatic heterocycles. The number of nitrogens with one attached hydrogen (secondary N) is 1. The van der Waals surface area contributed by atoms with E-state index < -0.39 is 54.6 Å². The van der Waals surface area contributed by atoms with Crippen LogP contribution in [-0.2, 0) is 15.1 Å². The molecule has 0 fully saturated rings. The van der Waals surface area contributed by atoms with Crippen LogP contribution in [0, 0.1) is 11.3 Å². The number of carboxylic acids is 1. The Kier molecular flexibility index (Phi) is 7.87. The molecule has 12 heteroatoms. The van der Waals surface area contributed by atoms with E-state index in [0.717, 1.165) is 24.3 Å². The number of hydrogen-bond donors (Lipinski definition) is 1. The molecule has 1 atom stereocenters. The second-order valence-corrected chi connectivity index (χ2v) is 5.93. The maximum atomic E-state index is 13.8. The summed E-state index contributed by atoms with van der Waals surface area (Å²) in [6, 6.07) is 4.99. The van der Waals surface area contributed by atoms with Gasteiger partial charge in [0.1, 0.15) is 12.2 Å². The van der Waals surface area contributed by atoms with Gasteiger partial charge in [-0.25, -0.2) is 0 Å². The predicted octanol–water partition coefficient (Wildman–Crippen LogP) is 2.34. The number of hydrogen-bond acceptors (Lipinski definition) is 5. The first-order chi connectivity index (χ1) is 13.3. The Balaban J connectivity index is 3.11. The Morgan fingerprint density at radius 2 is 1.69 bits per heavy atom. The third-order valence-electron chi connectivity index (χ3n) is 3.71. The third-order valence-corrected chi connectivity index (χ3v) is 3.71. The Morgan fingerprint density at radius 1 is 1.10 bits per heavy atom. The number of nitriles is 1. The molecule has 0 aliphatic rings. The standard InChI is InChI=1S/C17H16F6N2O4/c18-16(19,20)7-1-9-29-12-4-2-11(3-5-12)15(10-14(27)28,17(21,22)23)25-13(26)6-8-24/h2-5H,1,6-7,9-10H2,(H,25,26)(H,27,28)/p-1. The van der Waals surface area contributed by atoms with E-state index >= 15 is 0 Å². The number of carbonyl (C=O) groups is 2. The molecule has 0 radical (unpaired) electrons. The zero-order valence-electron chi connectivity index (χ0n) is 14.7. The van der Waals surface area contributed by atoms with Crippen LogP contribution in [0.4, 0.5) is 26.3 Å². The molecule has 0 saturated carbocycles. The van der Waals surface area contributed by atoms with E-state index in [0.29, 0.717) is 0 Å². The van der Waals surface area contributed by atoms with Crippen molar-refractivity contribution in [2.75, 3.05) is 6.61 Å². The van der Waals surface area contributed by atoms with Gasteiger partial charge < -0.3 is 20.0 Å². The molecule has 1 rings (SSSR count). The summed E-state index contributed by atoms with van der Waals surface area (Å²) in [5, 5.41) is 21.0. The number of benzene rings is 1. The molecule has 0 heterocycles. The maximum absolute atomic E-state index is 13.8. The van der Waals surface area contributed by atoms with Gasteiger partial charge in [0.2, 0.25) is 5.91 Å². The second-order valence-electron chi connectivity index (χ2n) is 5.93. The molecule has 1 aromatic carbocycles. The SMILES string of the molecule is N#CCC(=O)NC(CC(=O)[O-])(c1ccc(OCCCC(F)(F)F)cc1)C(F)(F)F. The molecule has 0 saturated heterocycles. The molecule has 1 amide bonds. The molecule has 29 heavy (non-hydrogen) atoms. The fourth-order valence-electron chi connectivity index (χ4n) is 2.42. The van der Waals surface area contributed by atoms with Crippen molar-refractivity contribution in [1.82, 2.24) is 5.32 Å². The average molecular weight is 425 g/mol. The molecule has 1 unspecified atom stereocenters. The maximum Gasteiger partial charge on any atom is 0.416 e. The van der Waals surface area contributed by atoms with Crippen LogP contribution < -0.4 is 15.2 Å². The van der Waals surface area contributed by atoms with E-state index in [2.05, 4.69) is 0 Å². The van der Waals surface area contributed by atoms with Gasteiger partial charge in [0.15, 0.2) is 5.54 Å². The normalized spacial score (nSPS) is 13.8. The largest absolute Gasteiger partial charge is 0.550 e. The predicted molar refractivity (Wildman–Crippen MR) is 83.0 cm³/mol. The first-order valence-corrected chi connectivity index (χ1v) is 8.05. The Labute approximate surface area is 161 Å². The molecule has 1 N–H and O–H groups in total. The van der Waals surface area contributed by atoms with E-state index in [1.807, 2.05) is 0 Å². The van der Waals surface area contributed by atoms with Crippen molar-refractivity contribution in [1.29, 1.82) is 5.26 Å². The van der Waals surface area contributed by atoms with Crippen LogP contribution in [0.15, 0.2) is 24.3 Å². The van der Waals surface area contributed by atoms with Crippen molar-refractivity contribution >= 4 is 11.9 Å². The number of nitrogens with zero attached hydrogens (tertiary/aromatic N) is 1. The molecule has 0 aromatic heterocycles. The van der Waals surface area contributed by atoms with E-state index in [1.54, 1.807) is 0 Å². The minimum Gasteiger partial charge on any atom is -0.550 e. The molecule has 160 valence electrons. The Hall–Kier alpha value is -2.97. The lowest BCUT2D eigenvalue weighted by Crippen LogP contribution is -2.58. The summed E-state index contributed by atoms with van der Waals surface area (Å²) < 4.78 is 82.5. The van der Waals surface area contributed by atoms with Gasteiger partial charge in [-0.2, -0.15) is 31.6 Å². The second kappa shape index (κ2) is 9.49. The quantitative estimate of drug-likeness (QED) is 0.483. The highest BCUT2D eigenvalue weighted by atomic mass is 19.4. The minimum atomic E-state index is -5.27. The first kappa shape index (κ1) is 24.1. The molecule has 1 aromatic rings. The van der Waals surface area contributed by atoms with Gasteiger partial charge in [-0.05, 0) is 24.1 Å². The molecular weight excluding hydrogens is 410 g/mol. The van der Waals surface area contributed by atoms with E-state index in [4.69, 9.17) is 10.00 Å². The highest BCUT2D eigenvalue weighted by molar-refractivity contribution is 5.80. The van der Waals surface area contributed by atoms with Gasteiger partial charge in [-0.3, -0.25) is 4.79 Å². The van der Waals surface area contributed by atoms with Crippen molar-refractivity contribution in [3.05, 3.63) is 29.8 Å². The fourth-order valence-corrected chi connectivity index (χ4v) is 2.42. The smallest absolute Gasteiger partial charge is 0.416 e. The molecule has 0 aliphatic carbocycles. The molecule has 0 spiro atoms. The lowest BCUT2D eigenvalue weighted by molar-refractivity contribution is -0.312. The van der Waals surface area contributed by atoms with Crippen molar-refractivity contribution < 1.29 is 45.8 Å². The van der Waals surface area contributed by atoms with Crippen molar-refractivity contribution in [3.8, 4) is 11.8 Å². The third kappa shape index (κ3) is 7.17. The summed E-state index contributed by atoms with van der Waals surface area (Å²) in [5.41, 5.74) is -4.04. The molecule has 0 bridgehead atoms. The average Bonchev–Trinajstić information content (AvgIpc) is 2.56. The first-order valence-electron chi connectivity index (χ1n) is 8.05. The number of aliphatic carboxylic acids is 1. The highest BCUT2D eigenvalue weighted by Crippen LogP contribution is 2.42. The van der Waals surface area contributed by atoms with Gasteiger partial charge >= 0.3 is 12.4 Å². The summed E-state index contributed by atoms with van der Waals surface area (Å²) in [6.07, 6.45) is -13.7. The van der Waals surface area contributed by atoms with E-state index in [-0.39, 0.29) is 18.8 Å². The number of carbonyl (C=O) groups excluding carboxylic acids is 2. The summed E-state index contributed by atoms with van der Waals surface area (Å²) in [5.74, 6) is -3.51. The van der Waals surface area contributed by atoms with Gasteiger partial charge in [-0.1, -0.05) is 12.1 Å². The van der Waals surface area contributed by atoms with Crippen LogP contribution in [0.3, 0.4) is 0 Å². The van der Waals surface area contributed by atoms with Gasteiger partial charge in [0.25, 0.3) is 0 Å². The van der Waals surface area contributed by atoms with Gasteiger partial charge in [-0.15, -0.1) is 0 Å². The lowest BCUT2D eigenvalue weighted by Gasteiger charge is -2.37. The van der Waals surface area contributed by atoms with E-state index in [9.17, 15) is 41.0 Å². The van der Waals surface area contributed by atoms with Crippen molar-refractivity contribution in [2.24, 2.45) is 0 Å². The zero-order valence-corrected chi connectivity index (χ0v) is 14.7. The molecular formula is C17H15F6N2O4-. The number of rotatable bonds is 9. The van der Waals surface area contributed by atoms with Crippen LogP contribution in [0.2, 0.25) is 0 Å². The number of carboxylic acid groups (broad SMARTS) is 1. The summed E-state index contributed by atoms with van der Waals surface area (Å²) in [4.78, 5) is 22.6. The van der Waals surface area contributed by atoms with Crippen molar-refractivity contribution in [3.63, 3.8) is 0 Å². The van der Waals surface area contributed by atoms with Crippen LogP contribution in [-0.4, -0.2) is 30.8 Å². The molecule has 6 nitrogen and oxygen atoms in total. The summed E-state index contributed by atoms with van der Waals surface area (Å²) in [6.45, 7) is -0.346. The number of ether oxygens (including phenoxy) is 1. The number of alkyl halides is 6. The number of amides is 1. The topological polar surface area (TPSA) is 102 Å². The summed E-state index contributed by atoms with van der Waals surface area (Å²) >= 11 is 0. The Bertz CT molecular complexity index is 755. The fraction of sp³-hybridized carbons (Fsp3) is 0.471. The monoisotopic (exact) mass is 425 g/mol. The van der Waals surface area contributed by atoms with Crippen LogP contribution in [0.25, 0.3) is 0 Å². The summed E-state index contributed by atoms with van der Waals surface area (Å²) in [7, 11) is 0. The Morgan fingerprint density at radius 3 is 2.14 bits per heavy atom. The van der Waals surface area contributed by atoms with E-state index in [1.165, 1.54) is 11.4 Å².